The Hall–Kier alpha value is -2.67. The summed E-state index contributed by atoms with van der Waals surface area (Å²) in [5.74, 6) is -2.82. The molecule has 2 aromatic heterocycles. The second-order valence-electron chi connectivity index (χ2n) is 4.95. The van der Waals surface area contributed by atoms with Gasteiger partial charge in [0.05, 0.1) is 22.0 Å². The van der Waals surface area contributed by atoms with Crippen LogP contribution in [-0.2, 0) is 6.42 Å². The van der Waals surface area contributed by atoms with Crippen LogP contribution in [0.4, 0.5) is 8.78 Å². The second kappa shape index (κ2) is 7.27. The van der Waals surface area contributed by atoms with Crippen molar-refractivity contribution in [3.05, 3.63) is 70.2 Å². The number of nitrogens with zero attached hydrogens (tertiary/aromatic N) is 2. The molecular formula is C17H13F2N3OS. The zero-order chi connectivity index (χ0) is 16.9. The van der Waals surface area contributed by atoms with Gasteiger partial charge in [-0.3, -0.25) is 9.78 Å². The fraction of sp³-hybridized carbons (Fsp3) is 0.118. The van der Waals surface area contributed by atoms with E-state index in [1.54, 1.807) is 6.20 Å². The number of pyridine rings is 1. The summed E-state index contributed by atoms with van der Waals surface area (Å²) in [6.07, 6.45) is 2.20. The van der Waals surface area contributed by atoms with Crippen LogP contribution in [0.3, 0.4) is 0 Å². The Bertz CT molecular complexity index is 852. The molecule has 0 aliphatic carbocycles. The summed E-state index contributed by atoms with van der Waals surface area (Å²) in [7, 11) is 0. The van der Waals surface area contributed by atoms with E-state index in [4.69, 9.17) is 0 Å². The summed E-state index contributed by atoms with van der Waals surface area (Å²) in [6.45, 7) is 0.282. The monoisotopic (exact) mass is 345 g/mol. The van der Waals surface area contributed by atoms with E-state index in [0.29, 0.717) is 6.42 Å². The Balaban J connectivity index is 1.58. The number of aromatic nitrogens is 2. The molecule has 0 aliphatic heterocycles. The Morgan fingerprint density at radius 1 is 1.12 bits per heavy atom. The number of carbonyl (C=O) groups is 1. The molecule has 0 saturated heterocycles. The molecule has 3 rings (SSSR count). The largest absolute Gasteiger partial charge is 0.352 e. The normalized spacial score (nSPS) is 10.6. The van der Waals surface area contributed by atoms with E-state index in [9.17, 15) is 13.6 Å². The quantitative estimate of drug-likeness (QED) is 0.770. The number of rotatable bonds is 5. The number of thiazole rings is 1. The SMILES string of the molecule is O=C(NCCc1nc(-c2ccccn2)cs1)c1cccc(F)c1F. The minimum Gasteiger partial charge on any atom is -0.352 e. The van der Waals surface area contributed by atoms with E-state index < -0.39 is 17.5 Å². The third kappa shape index (κ3) is 3.62. The molecule has 0 fully saturated rings. The number of amides is 1. The molecule has 0 saturated carbocycles. The van der Waals surface area contributed by atoms with Gasteiger partial charge in [-0.1, -0.05) is 12.1 Å². The second-order valence-corrected chi connectivity index (χ2v) is 5.89. The maximum absolute atomic E-state index is 13.5. The lowest BCUT2D eigenvalue weighted by atomic mass is 10.2. The average molecular weight is 345 g/mol. The van der Waals surface area contributed by atoms with Crippen LogP contribution < -0.4 is 5.32 Å². The highest BCUT2D eigenvalue weighted by Crippen LogP contribution is 2.19. The van der Waals surface area contributed by atoms with Crippen LogP contribution in [0.1, 0.15) is 15.4 Å². The highest BCUT2D eigenvalue weighted by Gasteiger charge is 2.14. The van der Waals surface area contributed by atoms with Gasteiger partial charge >= 0.3 is 0 Å². The topological polar surface area (TPSA) is 54.9 Å². The molecule has 0 unspecified atom stereocenters. The van der Waals surface area contributed by atoms with Crippen molar-refractivity contribution in [2.75, 3.05) is 6.54 Å². The first-order valence-corrected chi connectivity index (χ1v) is 8.11. The van der Waals surface area contributed by atoms with E-state index in [-0.39, 0.29) is 12.1 Å². The average Bonchev–Trinajstić information content (AvgIpc) is 3.07. The first kappa shape index (κ1) is 16.2. The van der Waals surface area contributed by atoms with Crippen LogP contribution in [0, 0.1) is 11.6 Å². The van der Waals surface area contributed by atoms with Gasteiger partial charge in [-0.15, -0.1) is 11.3 Å². The lowest BCUT2D eigenvalue weighted by Gasteiger charge is -2.05. The molecule has 0 bridgehead atoms. The third-order valence-corrected chi connectivity index (χ3v) is 4.21. The fourth-order valence-electron chi connectivity index (χ4n) is 2.11. The van der Waals surface area contributed by atoms with Gasteiger partial charge in [0.25, 0.3) is 5.91 Å². The Morgan fingerprint density at radius 3 is 2.79 bits per heavy atom. The molecule has 2 heterocycles. The molecule has 122 valence electrons. The standard InChI is InChI=1S/C17H13F2N3OS/c18-12-5-3-4-11(16(12)19)17(23)21-9-7-15-22-14(10-24-15)13-6-1-2-8-20-13/h1-6,8,10H,7,9H2,(H,21,23). The summed E-state index contributed by atoms with van der Waals surface area (Å²) in [6, 6.07) is 9.10. The van der Waals surface area contributed by atoms with Crippen molar-refractivity contribution >= 4 is 17.2 Å². The van der Waals surface area contributed by atoms with Crippen molar-refractivity contribution in [1.82, 2.24) is 15.3 Å². The van der Waals surface area contributed by atoms with E-state index in [0.717, 1.165) is 22.5 Å². The van der Waals surface area contributed by atoms with Crippen molar-refractivity contribution in [3.8, 4) is 11.4 Å². The number of hydrogen-bond donors (Lipinski definition) is 1. The lowest BCUT2D eigenvalue weighted by molar-refractivity contribution is 0.0949. The van der Waals surface area contributed by atoms with Gasteiger partial charge in [0, 0.05) is 24.5 Å². The number of halogens is 2. The van der Waals surface area contributed by atoms with Crippen LogP contribution in [-0.4, -0.2) is 22.4 Å². The molecule has 1 amide bonds. The first-order valence-electron chi connectivity index (χ1n) is 7.23. The number of carbonyl (C=O) groups excluding carboxylic acids is 1. The molecule has 7 heteroatoms. The van der Waals surface area contributed by atoms with Gasteiger partial charge < -0.3 is 5.32 Å². The molecule has 3 aromatic rings. The number of nitrogens with one attached hydrogen (secondary N) is 1. The zero-order valence-corrected chi connectivity index (χ0v) is 13.3. The summed E-state index contributed by atoms with van der Waals surface area (Å²) in [4.78, 5) is 20.6. The maximum Gasteiger partial charge on any atom is 0.254 e. The molecule has 0 spiro atoms. The zero-order valence-electron chi connectivity index (χ0n) is 12.5. The van der Waals surface area contributed by atoms with Crippen LogP contribution >= 0.6 is 11.3 Å². The Morgan fingerprint density at radius 2 is 2.00 bits per heavy atom. The summed E-state index contributed by atoms with van der Waals surface area (Å²) in [5, 5.41) is 5.29. The summed E-state index contributed by atoms with van der Waals surface area (Å²) < 4.78 is 26.7. The predicted octanol–water partition coefficient (Wildman–Crippen LogP) is 3.46. The van der Waals surface area contributed by atoms with E-state index in [2.05, 4.69) is 15.3 Å². The molecular weight excluding hydrogens is 332 g/mol. The molecule has 4 nitrogen and oxygen atoms in total. The Labute approximate surface area is 141 Å². The van der Waals surface area contributed by atoms with Gasteiger partial charge in [0.1, 0.15) is 0 Å². The molecule has 1 aromatic carbocycles. The highest BCUT2D eigenvalue weighted by atomic mass is 32.1. The van der Waals surface area contributed by atoms with Gasteiger partial charge in [-0.05, 0) is 24.3 Å². The summed E-state index contributed by atoms with van der Waals surface area (Å²) >= 11 is 1.46. The van der Waals surface area contributed by atoms with Gasteiger partial charge in [0.15, 0.2) is 11.6 Å². The molecule has 0 atom stereocenters. The van der Waals surface area contributed by atoms with Crippen molar-refractivity contribution < 1.29 is 13.6 Å². The molecule has 0 aliphatic rings. The van der Waals surface area contributed by atoms with Crippen molar-refractivity contribution in [2.24, 2.45) is 0 Å². The number of hydrogen-bond acceptors (Lipinski definition) is 4. The minimum absolute atomic E-state index is 0.282. The summed E-state index contributed by atoms with van der Waals surface area (Å²) in [5.41, 5.74) is 1.26. The molecule has 0 radical (unpaired) electrons. The highest BCUT2D eigenvalue weighted by molar-refractivity contribution is 7.09. The predicted molar refractivity (Wildman–Crippen MR) is 87.7 cm³/mol. The molecule has 1 N–H and O–H groups in total. The van der Waals surface area contributed by atoms with Crippen LogP contribution in [0.5, 0.6) is 0 Å². The number of benzene rings is 1. The van der Waals surface area contributed by atoms with E-state index >= 15 is 0 Å². The maximum atomic E-state index is 13.5. The molecule has 24 heavy (non-hydrogen) atoms. The van der Waals surface area contributed by atoms with Crippen molar-refractivity contribution in [2.45, 2.75) is 6.42 Å². The minimum atomic E-state index is -1.14. The van der Waals surface area contributed by atoms with Gasteiger partial charge in [-0.25, -0.2) is 13.8 Å². The fourth-order valence-corrected chi connectivity index (χ4v) is 2.91. The Kier molecular flexibility index (Phi) is 4.90. The van der Waals surface area contributed by atoms with Crippen LogP contribution in [0.2, 0.25) is 0 Å². The van der Waals surface area contributed by atoms with Crippen LogP contribution in [0.15, 0.2) is 48.0 Å². The third-order valence-electron chi connectivity index (χ3n) is 3.30. The van der Waals surface area contributed by atoms with Crippen molar-refractivity contribution in [1.29, 1.82) is 0 Å². The van der Waals surface area contributed by atoms with Gasteiger partial charge in [-0.2, -0.15) is 0 Å². The van der Waals surface area contributed by atoms with E-state index in [1.807, 2.05) is 23.6 Å². The smallest absolute Gasteiger partial charge is 0.254 e. The van der Waals surface area contributed by atoms with Crippen LogP contribution in [0.25, 0.3) is 11.4 Å². The van der Waals surface area contributed by atoms with E-state index in [1.165, 1.54) is 23.5 Å². The van der Waals surface area contributed by atoms with Gasteiger partial charge in [0.2, 0.25) is 0 Å². The lowest BCUT2D eigenvalue weighted by Crippen LogP contribution is -2.26. The first-order chi connectivity index (χ1) is 11.6. The van der Waals surface area contributed by atoms with Crippen molar-refractivity contribution in [3.63, 3.8) is 0 Å².